The molecule has 1 amide bonds. The number of furan rings is 1. The van der Waals surface area contributed by atoms with E-state index in [1.807, 2.05) is 24.3 Å². The molecule has 2 N–H and O–H groups in total. The number of hydrogen-bond acceptors (Lipinski definition) is 5. The summed E-state index contributed by atoms with van der Waals surface area (Å²) in [6, 6.07) is 17.4. The fraction of sp³-hybridized carbons (Fsp3) is 0. The van der Waals surface area contributed by atoms with Crippen molar-refractivity contribution in [2.45, 2.75) is 0 Å². The monoisotopic (exact) mass is 396 g/mol. The van der Waals surface area contributed by atoms with Gasteiger partial charge in [-0.3, -0.25) is 4.79 Å². The average Bonchev–Trinajstić information content (AvgIpc) is 3.24. The number of benzene rings is 2. The molecule has 0 unspecified atom stereocenters. The highest BCUT2D eigenvalue weighted by molar-refractivity contribution is 8.18. The van der Waals surface area contributed by atoms with Crippen molar-refractivity contribution >= 4 is 46.2 Å². The van der Waals surface area contributed by atoms with Crippen LogP contribution < -0.4 is 5.32 Å². The van der Waals surface area contributed by atoms with Crippen molar-refractivity contribution in [2.75, 3.05) is 0 Å². The summed E-state index contributed by atoms with van der Waals surface area (Å²) >= 11 is 7.24. The SMILES string of the molecule is O=C1NC(=Nc2ccc(O)cc2)S/C1=C/c1ccc(-c2cccc(Cl)c2)o1. The summed E-state index contributed by atoms with van der Waals surface area (Å²) in [7, 11) is 0. The molecule has 0 saturated carbocycles. The van der Waals surface area contributed by atoms with E-state index >= 15 is 0 Å². The van der Waals surface area contributed by atoms with E-state index in [1.165, 1.54) is 23.9 Å². The number of amides is 1. The first-order chi connectivity index (χ1) is 13.1. The van der Waals surface area contributed by atoms with Crippen molar-refractivity contribution in [3.8, 4) is 17.1 Å². The number of nitrogens with one attached hydrogen (secondary N) is 1. The molecule has 1 saturated heterocycles. The van der Waals surface area contributed by atoms with Crippen LogP contribution in [0.5, 0.6) is 5.75 Å². The van der Waals surface area contributed by atoms with E-state index in [4.69, 9.17) is 16.0 Å². The second kappa shape index (κ2) is 7.34. The minimum absolute atomic E-state index is 0.163. The number of hydrogen-bond donors (Lipinski definition) is 2. The number of nitrogens with zero attached hydrogens (tertiary/aromatic N) is 1. The van der Waals surface area contributed by atoms with E-state index in [0.717, 1.165) is 5.56 Å². The largest absolute Gasteiger partial charge is 0.508 e. The van der Waals surface area contributed by atoms with Gasteiger partial charge in [0.15, 0.2) is 5.17 Å². The van der Waals surface area contributed by atoms with Crippen molar-refractivity contribution in [3.63, 3.8) is 0 Å². The van der Waals surface area contributed by atoms with Crippen LogP contribution in [0, 0.1) is 0 Å². The normalized spacial score (nSPS) is 16.9. The van der Waals surface area contributed by atoms with E-state index in [1.54, 1.807) is 30.3 Å². The maximum absolute atomic E-state index is 12.2. The molecule has 1 fully saturated rings. The van der Waals surface area contributed by atoms with E-state index in [-0.39, 0.29) is 11.7 Å². The first-order valence-electron chi connectivity index (χ1n) is 8.01. The molecule has 134 valence electrons. The van der Waals surface area contributed by atoms with Crippen LogP contribution in [0.2, 0.25) is 5.02 Å². The van der Waals surface area contributed by atoms with Gasteiger partial charge in [-0.1, -0.05) is 23.7 Å². The summed E-state index contributed by atoms with van der Waals surface area (Å²) in [6.07, 6.45) is 1.67. The summed E-state index contributed by atoms with van der Waals surface area (Å²) in [5.74, 6) is 1.16. The summed E-state index contributed by atoms with van der Waals surface area (Å²) in [4.78, 5) is 17.0. The number of carbonyl (C=O) groups excluding carboxylic acids is 1. The predicted molar refractivity (Wildman–Crippen MR) is 108 cm³/mol. The van der Waals surface area contributed by atoms with Crippen LogP contribution >= 0.6 is 23.4 Å². The Kier molecular flexibility index (Phi) is 4.75. The second-order valence-electron chi connectivity index (χ2n) is 5.71. The third-order valence-corrected chi connectivity index (χ3v) is 4.89. The Bertz CT molecular complexity index is 1070. The number of rotatable bonds is 3. The molecular formula is C20H13ClN2O3S. The minimum Gasteiger partial charge on any atom is -0.508 e. The van der Waals surface area contributed by atoms with Crippen molar-refractivity contribution in [3.05, 3.63) is 76.4 Å². The average molecular weight is 397 g/mol. The molecule has 1 aliphatic heterocycles. The van der Waals surface area contributed by atoms with Crippen molar-refractivity contribution in [1.82, 2.24) is 5.32 Å². The number of amidine groups is 1. The number of thioether (sulfide) groups is 1. The third kappa shape index (κ3) is 4.07. The van der Waals surface area contributed by atoms with Gasteiger partial charge in [-0.25, -0.2) is 4.99 Å². The maximum Gasteiger partial charge on any atom is 0.264 e. The Hall–Kier alpha value is -2.96. The Morgan fingerprint density at radius 2 is 1.93 bits per heavy atom. The molecule has 0 bridgehead atoms. The molecular weight excluding hydrogens is 384 g/mol. The van der Waals surface area contributed by atoms with Crippen molar-refractivity contribution < 1.29 is 14.3 Å². The molecule has 2 aromatic carbocycles. The zero-order valence-electron chi connectivity index (χ0n) is 13.8. The van der Waals surface area contributed by atoms with E-state index < -0.39 is 0 Å². The van der Waals surface area contributed by atoms with E-state index in [2.05, 4.69) is 10.3 Å². The molecule has 3 aromatic rings. The van der Waals surface area contributed by atoms with Gasteiger partial charge in [0.2, 0.25) is 0 Å². The number of aliphatic imine (C=N–C) groups is 1. The zero-order chi connectivity index (χ0) is 18.8. The lowest BCUT2D eigenvalue weighted by molar-refractivity contribution is -0.115. The van der Waals surface area contributed by atoms with E-state index in [0.29, 0.717) is 32.3 Å². The Morgan fingerprint density at radius 1 is 1.11 bits per heavy atom. The minimum atomic E-state index is -0.238. The van der Waals surface area contributed by atoms with Gasteiger partial charge in [-0.05, 0) is 60.3 Å². The van der Waals surface area contributed by atoms with Crippen LogP contribution in [0.3, 0.4) is 0 Å². The molecule has 0 atom stereocenters. The third-order valence-electron chi connectivity index (χ3n) is 3.74. The number of phenolic OH excluding ortho intramolecular Hbond substituents is 1. The molecule has 0 radical (unpaired) electrons. The quantitative estimate of drug-likeness (QED) is 0.597. The summed E-state index contributed by atoms with van der Waals surface area (Å²) in [5.41, 5.74) is 1.50. The van der Waals surface area contributed by atoms with Crippen molar-refractivity contribution in [1.29, 1.82) is 0 Å². The lowest BCUT2D eigenvalue weighted by Gasteiger charge is -1.97. The van der Waals surface area contributed by atoms with Gasteiger partial charge in [-0.15, -0.1) is 0 Å². The van der Waals surface area contributed by atoms with Crippen LogP contribution in [-0.4, -0.2) is 16.2 Å². The summed E-state index contributed by atoms with van der Waals surface area (Å²) in [6.45, 7) is 0. The Balaban J connectivity index is 1.54. The van der Waals surface area contributed by atoms with Gasteiger partial charge in [0.05, 0.1) is 10.6 Å². The van der Waals surface area contributed by atoms with Gasteiger partial charge in [0, 0.05) is 16.7 Å². The molecule has 2 heterocycles. The highest BCUT2D eigenvalue weighted by Crippen LogP contribution is 2.30. The lowest BCUT2D eigenvalue weighted by atomic mass is 10.2. The van der Waals surface area contributed by atoms with Crippen LogP contribution in [0.1, 0.15) is 5.76 Å². The van der Waals surface area contributed by atoms with Gasteiger partial charge in [-0.2, -0.15) is 0 Å². The smallest absolute Gasteiger partial charge is 0.264 e. The predicted octanol–water partition coefficient (Wildman–Crippen LogP) is 5.20. The van der Waals surface area contributed by atoms with Gasteiger partial charge in [0.1, 0.15) is 17.3 Å². The number of halogens is 1. The number of carbonyl (C=O) groups is 1. The van der Waals surface area contributed by atoms with E-state index in [9.17, 15) is 9.90 Å². The Morgan fingerprint density at radius 3 is 2.70 bits per heavy atom. The maximum atomic E-state index is 12.2. The number of aromatic hydroxyl groups is 1. The Labute approximate surface area is 164 Å². The molecule has 4 rings (SSSR count). The second-order valence-corrected chi connectivity index (χ2v) is 7.18. The molecule has 7 heteroatoms. The first-order valence-corrected chi connectivity index (χ1v) is 9.21. The fourth-order valence-corrected chi connectivity index (χ4v) is 3.49. The summed E-state index contributed by atoms with van der Waals surface area (Å²) < 4.78 is 5.81. The molecule has 1 aromatic heterocycles. The molecule has 27 heavy (non-hydrogen) atoms. The highest BCUT2D eigenvalue weighted by atomic mass is 35.5. The first kappa shape index (κ1) is 17.5. The van der Waals surface area contributed by atoms with Crippen LogP contribution in [-0.2, 0) is 4.79 Å². The number of phenols is 1. The van der Waals surface area contributed by atoms with Crippen LogP contribution in [0.15, 0.2) is 75.0 Å². The standard InChI is InChI=1S/C20H13ClN2O3S/c21-13-3-1-2-12(10-13)17-9-8-16(26-17)11-18-19(25)23-20(27-18)22-14-4-6-15(24)7-5-14/h1-11,24H,(H,22,23,25)/b18-11+. The van der Waals surface area contributed by atoms with Crippen molar-refractivity contribution in [2.24, 2.45) is 4.99 Å². The lowest BCUT2D eigenvalue weighted by Crippen LogP contribution is -2.19. The van der Waals surface area contributed by atoms with Crippen LogP contribution in [0.25, 0.3) is 17.4 Å². The molecule has 0 aliphatic carbocycles. The van der Waals surface area contributed by atoms with Gasteiger partial charge < -0.3 is 14.8 Å². The van der Waals surface area contributed by atoms with Crippen LogP contribution in [0.4, 0.5) is 5.69 Å². The topological polar surface area (TPSA) is 74.8 Å². The molecule has 1 aliphatic rings. The van der Waals surface area contributed by atoms with Gasteiger partial charge >= 0.3 is 0 Å². The zero-order valence-corrected chi connectivity index (χ0v) is 15.4. The summed E-state index contributed by atoms with van der Waals surface area (Å²) in [5, 5.41) is 13.1. The van der Waals surface area contributed by atoms with Gasteiger partial charge in [0.25, 0.3) is 5.91 Å². The fourth-order valence-electron chi connectivity index (χ4n) is 2.48. The molecule has 5 nitrogen and oxygen atoms in total. The highest BCUT2D eigenvalue weighted by Gasteiger charge is 2.24. The molecule has 0 spiro atoms.